The van der Waals surface area contributed by atoms with Crippen molar-refractivity contribution in [3.63, 3.8) is 0 Å². The molecule has 2 aromatic rings. The molecule has 0 aliphatic heterocycles. The number of hydrogen-bond acceptors (Lipinski definition) is 3. The van der Waals surface area contributed by atoms with E-state index in [2.05, 4.69) is 5.32 Å². The molecule has 0 aromatic heterocycles. The fraction of sp³-hybridized carbons (Fsp3) is 0.158. The summed E-state index contributed by atoms with van der Waals surface area (Å²) in [7, 11) is 3.35. The molecule has 0 saturated heterocycles. The van der Waals surface area contributed by atoms with Gasteiger partial charge in [0.25, 0.3) is 5.91 Å². The summed E-state index contributed by atoms with van der Waals surface area (Å²) >= 11 is 0. The van der Waals surface area contributed by atoms with Crippen molar-refractivity contribution in [1.82, 2.24) is 4.90 Å². The summed E-state index contributed by atoms with van der Waals surface area (Å²) in [5.74, 6) is 0.247. The summed E-state index contributed by atoms with van der Waals surface area (Å²) in [6.07, 6.45) is 3.23. The van der Waals surface area contributed by atoms with Gasteiger partial charge in [-0.05, 0) is 35.9 Å². The van der Waals surface area contributed by atoms with Crippen LogP contribution >= 0.6 is 0 Å². The molecule has 5 nitrogen and oxygen atoms in total. The molecule has 1 N–H and O–H groups in total. The molecule has 5 heteroatoms. The first-order valence-electron chi connectivity index (χ1n) is 7.52. The van der Waals surface area contributed by atoms with Crippen LogP contribution in [0.2, 0.25) is 0 Å². The van der Waals surface area contributed by atoms with Gasteiger partial charge >= 0.3 is 0 Å². The minimum Gasteiger partial charge on any atom is -0.484 e. The average molecular weight is 324 g/mol. The highest BCUT2D eigenvalue weighted by molar-refractivity contribution is 6.01. The maximum atomic E-state index is 11.9. The fourth-order valence-electron chi connectivity index (χ4n) is 1.83. The van der Waals surface area contributed by atoms with Crippen molar-refractivity contribution in [3.05, 3.63) is 66.2 Å². The minimum atomic E-state index is -0.213. The Balaban J connectivity index is 1.86. The molecular formula is C19H20N2O3. The van der Waals surface area contributed by atoms with Crippen molar-refractivity contribution < 1.29 is 14.3 Å². The number of hydrogen-bond donors (Lipinski definition) is 1. The van der Waals surface area contributed by atoms with E-state index < -0.39 is 0 Å². The summed E-state index contributed by atoms with van der Waals surface area (Å²) in [5.41, 5.74) is 1.62. The Morgan fingerprint density at radius 3 is 2.33 bits per heavy atom. The standard InChI is InChI=1S/C19H20N2O3/c1-21(2)19(23)14-24-17-11-9-16(10-12-17)20-18(22)13-8-15-6-4-3-5-7-15/h3-13H,14H2,1-2H3,(H,20,22)/b13-8+. The van der Waals surface area contributed by atoms with Crippen LogP contribution in [0.5, 0.6) is 5.75 Å². The topological polar surface area (TPSA) is 58.6 Å². The molecule has 2 rings (SSSR count). The molecule has 0 unspecified atom stereocenters. The van der Waals surface area contributed by atoms with Crippen molar-refractivity contribution >= 4 is 23.6 Å². The average Bonchev–Trinajstić information content (AvgIpc) is 2.60. The number of rotatable bonds is 6. The summed E-state index contributed by atoms with van der Waals surface area (Å²) < 4.78 is 5.38. The number of benzene rings is 2. The van der Waals surface area contributed by atoms with Gasteiger partial charge < -0.3 is 15.0 Å². The lowest BCUT2D eigenvalue weighted by Gasteiger charge is -2.11. The van der Waals surface area contributed by atoms with E-state index in [9.17, 15) is 9.59 Å². The van der Waals surface area contributed by atoms with Crippen LogP contribution in [0.4, 0.5) is 5.69 Å². The second kappa shape index (κ2) is 8.53. The zero-order chi connectivity index (χ0) is 17.4. The molecular weight excluding hydrogens is 304 g/mol. The monoisotopic (exact) mass is 324 g/mol. The predicted octanol–water partition coefficient (Wildman–Crippen LogP) is 2.81. The number of ether oxygens (including phenoxy) is 1. The molecule has 0 fully saturated rings. The number of nitrogens with one attached hydrogen (secondary N) is 1. The van der Waals surface area contributed by atoms with E-state index in [0.717, 1.165) is 5.56 Å². The van der Waals surface area contributed by atoms with Crippen molar-refractivity contribution in [3.8, 4) is 5.75 Å². The van der Waals surface area contributed by atoms with Crippen LogP contribution in [0.25, 0.3) is 6.08 Å². The van der Waals surface area contributed by atoms with Gasteiger partial charge in [-0.15, -0.1) is 0 Å². The first-order valence-corrected chi connectivity index (χ1v) is 7.52. The maximum Gasteiger partial charge on any atom is 0.259 e. The molecule has 24 heavy (non-hydrogen) atoms. The lowest BCUT2D eigenvalue weighted by Crippen LogP contribution is -2.27. The van der Waals surface area contributed by atoms with Gasteiger partial charge in [-0.3, -0.25) is 9.59 Å². The number of carbonyl (C=O) groups excluding carboxylic acids is 2. The third-order valence-corrected chi connectivity index (χ3v) is 3.21. The highest BCUT2D eigenvalue weighted by Gasteiger charge is 2.05. The molecule has 0 spiro atoms. The Morgan fingerprint density at radius 2 is 1.71 bits per heavy atom. The molecule has 0 saturated carbocycles. The molecule has 0 aliphatic rings. The van der Waals surface area contributed by atoms with Crippen LogP contribution in [0.1, 0.15) is 5.56 Å². The Morgan fingerprint density at radius 1 is 1.04 bits per heavy atom. The second-order valence-corrected chi connectivity index (χ2v) is 5.33. The molecule has 0 heterocycles. The normalized spacial score (nSPS) is 10.4. The van der Waals surface area contributed by atoms with Crippen molar-refractivity contribution in [1.29, 1.82) is 0 Å². The van der Waals surface area contributed by atoms with Crippen molar-refractivity contribution in [2.75, 3.05) is 26.0 Å². The van der Waals surface area contributed by atoms with E-state index in [0.29, 0.717) is 11.4 Å². The number of anilines is 1. The third-order valence-electron chi connectivity index (χ3n) is 3.21. The van der Waals surface area contributed by atoms with E-state index >= 15 is 0 Å². The van der Waals surface area contributed by atoms with Gasteiger partial charge in [0.2, 0.25) is 5.91 Å². The van der Waals surface area contributed by atoms with Gasteiger partial charge in [-0.2, -0.15) is 0 Å². The van der Waals surface area contributed by atoms with Gasteiger partial charge in [0.15, 0.2) is 6.61 Å². The van der Waals surface area contributed by atoms with Crippen LogP contribution in [0.15, 0.2) is 60.7 Å². The second-order valence-electron chi connectivity index (χ2n) is 5.33. The van der Waals surface area contributed by atoms with E-state index in [4.69, 9.17) is 4.74 Å². The lowest BCUT2D eigenvalue weighted by atomic mass is 10.2. The molecule has 2 aromatic carbocycles. The first kappa shape index (κ1) is 17.3. The fourth-order valence-corrected chi connectivity index (χ4v) is 1.83. The van der Waals surface area contributed by atoms with Crippen molar-refractivity contribution in [2.45, 2.75) is 0 Å². The first-order chi connectivity index (χ1) is 11.5. The molecule has 0 bridgehead atoms. The maximum absolute atomic E-state index is 11.9. The summed E-state index contributed by atoms with van der Waals surface area (Å²) in [6, 6.07) is 16.5. The summed E-state index contributed by atoms with van der Waals surface area (Å²) in [4.78, 5) is 24.8. The molecule has 0 radical (unpaired) electrons. The minimum absolute atomic E-state index is 0.0154. The molecule has 0 atom stereocenters. The predicted molar refractivity (Wildman–Crippen MR) is 94.7 cm³/mol. The molecule has 124 valence electrons. The largest absolute Gasteiger partial charge is 0.484 e. The van der Waals surface area contributed by atoms with Crippen molar-refractivity contribution in [2.24, 2.45) is 0 Å². The smallest absolute Gasteiger partial charge is 0.259 e. The number of likely N-dealkylation sites (N-methyl/N-ethyl adjacent to an activating group) is 1. The summed E-state index contributed by atoms with van der Waals surface area (Å²) in [5, 5.41) is 2.77. The number of carbonyl (C=O) groups is 2. The lowest BCUT2D eigenvalue weighted by molar-refractivity contribution is -0.130. The Bertz CT molecular complexity index is 707. The van der Waals surface area contributed by atoms with Crippen LogP contribution in [-0.4, -0.2) is 37.4 Å². The third kappa shape index (κ3) is 5.61. The molecule has 2 amide bonds. The van der Waals surface area contributed by atoms with Crippen LogP contribution in [-0.2, 0) is 9.59 Å². The Labute approximate surface area is 141 Å². The zero-order valence-corrected chi connectivity index (χ0v) is 13.7. The van der Waals surface area contributed by atoms with Gasteiger partial charge in [0, 0.05) is 25.9 Å². The van der Waals surface area contributed by atoms with Crippen LogP contribution in [0.3, 0.4) is 0 Å². The summed E-state index contributed by atoms with van der Waals surface area (Å²) in [6.45, 7) is -0.0154. The van der Waals surface area contributed by atoms with E-state index in [1.54, 1.807) is 44.4 Å². The molecule has 0 aliphatic carbocycles. The Hall–Kier alpha value is -3.08. The Kier molecular flexibility index (Phi) is 6.14. The van der Waals surface area contributed by atoms with Gasteiger partial charge in [0.1, 0.15) is 5.75 Å². The number of nitrogens with zero attached hydrogens (tertiary/aromatic N) is 1. The SMILES string of the molecule is CN(C)C(=O)COc1ccc(NC(=O)/C=C/c2ccccc2)cc1. The van der Waals surface area contributed by atoms with E-state index in [-0.39, 0.29) is 18.4 Å². The quantitative estimate of drug-likeness (QED) is 0.831. The van der Waals surface area contributed by atoms with Gasteiger partial charge in [-0.25, -0.2) is 0 Å². The number of amides is 2. The van der Waals surface area contributed by atoms with Crippen LogP contribution < -0.4 is 10.1 Å². The van der Waals surface area contributed by atoms with Gasteiger partial charge in [-0.1, -0.05) is 30.3 Å². The van der Waals surface area contributed by atoms with E-state index in [1.807, 2.05) is 30.3 Å². The highest BCUT2D eigenvalue weighted by Crippen LogP contribution is 2.16. The van der Waals surface area contributed by atoms with E-state index in [1.165, 1.54) is 11.0 Å². The van der Waals surface area contributed by atoms with Crippen LogP contribution in [0, 0.1) is 0 Å². The zero-order valence-electron chi connectivity index (χ0n) is 13.7. The highest BCUT2D eigenvalue weighted by atomic mass is 16.5. The van der Waals surface area contributed by atoms with Gasteiger partial charge in [0.05, 0.1) is 0 Å².